The summed E-state index contributed by atoms with van der Waals surface area (Å²) < 4.78 is 7.44. The lowest BCUT2D eigenvalue weighted by atomic mass is 10.2. The van der Waals surface area contributed by atoms with Crippen molar-refractivity contribution >= 4 is 17.4 Å². The van der Waals surface area contributed by atoms with Gasteiger partial charge >= 0.3 is 0 Å². The summed E-state index contributed by atoms with van der Waals surface area (Å²) in [5.41, 5.74) is 1.91. The molecule has 0 bridgehead atoms. The van der Waals surface area contributed by atoms with Crippen LogP contribution in [0.1, 0.15) is 5.56 Å². The van der Waals surface area contributed by atoms with Crippen molar-refractivity contribution in [3.05, 3.63) is 60.3 Å². The Balaban J connectivity index is 1.45. The number of aliphatic hydroxyl groups is 1. The molecular weight excluding hydrogens is 298 g/mol. The number of pyridine rings is 1. The van der Waals surface area contributed by atoms with Crippen LogP contribution in [0.5, 0.6) is 0 Å². The number of fused-ring (bicyclic) bond motifs is 1. The fourth-order valence-corrected chi connectivity index (χ4v) is 2.85. The maximum absolute atomic E-state index is 9.99. The highest BCUT2D eigenvalue weighted by molar-refractivity contribution is 7.99. The lowest BCUT2D eigenvalue weighted by Gasteiger charge is -2.10. The minimum absolute atomic E-state index is 0.304. The highest BCUT2D eigenvalue weighted by Crippen LogP contribution is 2.17. The number of hydrogen-bond donors (Lipinski definition) is 1. The molecule has 5 nitrogen and oxygen atoms in total. The molecule has 0 spiro atoms. The predicted molar refractivity (Wildman–Crippen MR) is 85.8 cm³/mol. The molecule has 0 aliphatic heterocycles. The second-order valence-corrected chi connectivity index (χ2v) is 5.86. The third-order valence-electron chi connectivity index (χ3n) is 3.11. The van der Waals surface area contributed by atoms with Gasteiger partial charge in [-0.1, -0.05) is 48.2 Å². The standard InChI is InChI=1S/C16H17N3O2S/c20-14(11-21-10-13-6-2-1-3-7-13)12-22-16-18-17-15-8-4-5-9-19(15)16/h1-9,14,20H,10-12H2. The Morgan fingerprint density at radius 3 is 2.77 bits per heavy atom. The van der Waals surface area contributed by atoms with Crippen LogP contribution in [-0.2, 0) is 11.3 Å². The van der Waals surface area contributed by atoms with Crippen molar-refractivity contribution in [2.75, 3.05) is 12.4 Å². The number of rotatable bonds is 7. The lowest BCUT2D eigenvalue weighted by Crippen LogP contribution is -2.18. The molecular formula is C16H17N3O2S. The van der Waals surface area contributed by atoms with Gasteiger partial charge in [-0.15, -0.1) is 10.2 Å². The van der Waals surface area contributed by atoms with E-state index in [1.165, 1.54) is 11.8 Å². The first-order valence-electron chi connectivity index (χ1n) is 7.05. The van der Waals surface area contributed by atoms with Gasteiger partial charge in [0.2, 0.25) is 0 Å². The number of thioether (sulfide) groups is 1. The van der Waals surface area contributed by atoms with Gasteiger partial charge in [-0.05, 0) is 17.7 Å². The molecule has 3 aromatic rings. The maximum atomic E-state index is 9.99. The Morgan fingerprint density at radius 1 is 1.09 bits per heavy atom. The second kappa shape index (κ2) is 7.40. The molecule has 6 heteroatoms. The fraction of sp³-hybridized carbons (Fsp3) is 0.250. The van der Waals surface area contributed by atoms with Gasteiger partial charge in [-0.25, -0.2) is 0 Å². The molecule has 1 atom stereocenters. The average molecular weight is 315 g/mol. The summed E-state index contributed by atoms with van der Waals surface area (Å²) >= 11 is 1.47. The van der Waals surface area contributed by atoms with Gasteiger partial charge in [-0.3, -0.25) is 4.40 Å². The zero-order valence-corrected chi connectivity index (χ0v) is 12.8. The summed E-state index contributed by atoms with van der Waals surface area (Å²) in [5, 5.41) is 19.0. The molecule has 1 N–H and O–H groups in total. The minimum Gasteiger partial charge on any atom is -0.390 e. The largest absolute Gasteiger partial charge is 0.390 e. The molecule has 0 aliphatic carbocycles. The van der Waals surface area contributed by atoms with Crippen LogP contribution in [0, 0.1) is 0 Å². The van der Waals surface area contributed by atoms with Crippen LogP contribution < -0.4 is 0 Å². The maximum Gasteiger partial charge on any atom is 0.195 e. The van der Waals surface area contributed by atoms with E-state index in [9.17, 15) is 5.11 Å². The first-order chi connectivity index (χ1) is 10.8. The Labute approximate surface area is 133 Å². The normalized spacial score (nSPS) is 12.6. The van der Waals surface area contributed by atoms with Crippen molar-refractivity contribution in [1.29, 1.82) is 0 Å². The van der Waals surface area contributed by atoms with Crippen LogP contribution in [0.15, 0.2) is 59.9 Å². The predicted octanol–water partition coefficient (Wildman–Crippen LogP) is 2.40. The fourth-order valence-electron chi connectivity index (χ4n) is 2.02. The Hall–Kier alpha value is -1.89. The summed E-state index contributed by atoms with van der Waals surface area (Å²) in [6.07, 6.45) is 1.38. The van der Waals surface area contributed by atoms with Gasteiger partial charge in [0.25, 0.3) is 0 Å². The molecule has 1 unspecified atom stereocenters. The zero-order valence-electron chi connectivity index (χ0n) is 12.0. The van der Waals surface area contributed by atoms with Crippen LogP contribution in [0.4, 0.5) is 0 Å². The Morgan fingerprint density at radius 2 is 1.91 bits per heavy atom. The summed E-state index contributed by atoms with van der Waals surface area (Å²) in [7, 11) is 0. The molecule has 2 heterocycles. The van der Waals surface area contributed by atoms with E-state index in [1.807, 2.05) is 59.1 Å². The second-order valence-electron chi connectivity index (χ2n) is 4.88. The molecule has 0 aliphatic rings. The van der Waals surface area contributed by atoms with E-state index in [0.717, 1.165) is 16.4 Å². The zero-order chi connectivity index (χ0) is 15.2. The van der Waals surface area contributed by atoms with E-state index < -0.39 is 6.10 Å². The Kier molecular flexibility index (Phi) is 5.05. The van der Waals surface area contributed by atoms with Gasteiger partial charge in [0, 0.05) is 11.9 Å². The van der Waals surface area contributed by atoms with Crippen LogP contribution >= 0.6 is 11.8 Å². The van der Waals surface area contributed by atoms with E-state index in [0.29, 0.717) is 19.0 Å². The molecule has 0 amide bonds. The van der Waals surface area contributed by atoms with Crippen molar-refractivity contribution in [2.45, 2.75) is 17.9 Å². The SMILES string of the molecule is OC(COCc1ccccc1)CSc1nnc2ccccn12. The summed E-state index contributed by atoms with van der Waals surface area (Å²) in [5.74, 6) is 0.518. The van der Waals surface area contributed by atoms with E-state index in [4.69, 9.17) is 4.74 Å². The summed E-state index contributed by atoms with van der Waals surface area (Å²) in [6.45, 7) is 0.815. The van der Waals surface area contributed by atoms with E-state index in [1.54, 1.807) is 0 Å². The molecule has 114 valence electrons. The lowest BCUT2D eigenvalue weighted by molar-refractivity contribution is 0.0398. The van der Waals surface area contributed by atoms with E-state index in [-0.39, 0.29) is 0 Å². The van der Waals surface area contributed by atoms with Crippen molar-refractivity contribution in [3.8, 4) is 0 Å². The molecule has 3 rings (SSSR count). The quantitative estimate of drug-likeness (QED) is 0.678. The Bertz CT molecular complexity index is 717. The van der Waals surface area contributed by atoms with E-state index >= 15 is 0 Å². The molecule has 0 saturated heterocycles. The molecule has 1 aromatic carbocycles. The molecule has 2 aromatic heterocycles. The van der Waals surface area contributed by atoms with Crippen LogP contribution in [0.2, 0.25) is 0 Å². The molecule has 0 radical (unpaired) electrons. The van der Waals surface area contributed by atoms with Crippen LogP contribution in [0.3, 0.4) is 0 Å². The van der Waals surface area contributed by atoms with Gasteiger partial charge in [0.05, 0.1) is 19.3 Å². The molecule has 22 heavy (non-hydrogen) atoms. The topological polar surface area (TPSA) is 59.7 Å². The number of benzene rings is 1. The first kappa shape index (κ1) is 15.0. The van der Waals surface area contributed by atoms with Crippen molar-refractivity contribution in [3.63, 3.8) is 0 Å². The minimum atomic E-state index is -0.537. The van der Waals surface area contributed by atoms with Crippen LogP contribution in [-0.4, -0.2) is 38.2 Å². The van der Waals surface area contributed by atoms with Gasteiger partial charge < -0.3 is 9.84 Å². The summed E-state index contributed by atoms with van der Waals surface area (Å²) in [4.78, 5) is 0. The number of aliphatic hydroxyl groups excluding tert-OH is 1. The molecule has 0 saturated carbocycles. The number of ether oxygens (including phenoxy) is 1. The van der Waals surface area contributed by atoms with Crippen molar-refractivity contribution in [2.24, 2.45) is 0 Å². The number of aromatic nitrogens is 3. The number of hydrogen-bond acceptors (Lipinski definition) is 5. The average Bonchev–Trinajstić information content (AvgIpc) is 2.97. The monoisotopic (exact) mass is 315 g/mol. The number of nitrogens with zero attached hydrogens (tertiary/aromatic N) is 3. The third-order valence-corrected chi connectivity index (χ3v) is 4.20. The van der Waals surface area contributed by atoms with E-state index in [2.05, 4.69) is 10.2 Å². The van der Waals surface area contributed by atoms with Gasteiger partial charge in [-0.2, -0.15) is 0 Å². The first-order valence-corrected chi connectivity index (χ1v) is 8.04. The van der Waals surface area contributed by atoms with Gasteiger partial charge in [0.15, 0.2) is 10.8 Å². The molecule has 0 fully saturated rings. The smallest absolute Gasteiger partial charge is 0.195 e. The van der Waals surface area contributed by atoms with Crippen molar-refractivity contribution < 1.29 is 9.84 Å². The van der Waals surface area contributed by atoms with Gasteiger partial charge in [0.1, 0.15) is 0 Å². The highest BCUT2D eigenvalue weighted by Gasteiger charge is 2.10. The third kappa shape index (κ3) is 3.85. The van der Waals surface area contributed by atoms with Crippen molar-refractivity contribution in [1.82, 2.24) is 14.6 Å². The summed E-state index contributed by atoms with van der Waals surface area (Å²) in [6, 6.07) is 15.7. The highest BCUT2D eigenvalue weighted by atomic mass is 32.2. The van der Waals surface area contributed by atoms with Crippen LogP contribution in [0.25, 0.3) is 5.65 Å².